The van der Waals surface area contributed by atoms with Gasteiger partial charge in [0.15, 0.2) is 0 Å². The van der Waals surface area contributed by atoms with E-state index >= 15 is 0 Å². The van der Waals surface area contributed by atoms with Crippen LogP contribution in [0.1, 0.15) is 90.5 Å². The molecule has 0 unspecified atom stereocenters. The van der Waals surface area contributed by atoms with Gasteiger partial charge < -0.3 is 15.3 Å². The monoisotopic (exact) mass is 620 g/mol. The van der Waals surface area contributed by atoms with E-state index in [0.717, 1.165) is 35.6 Å². The van der Waals surface area contributed by atoms with Crippen molar-refractivity contribution in [3.8, 4) is 11.1 Å². The minimum Gasteiger partial charge on any atom is -0.478 e. The third-order valence-electron chi connectivity index (χ3n) is 9.29. The van der Waals surface area contributed by atoms with Gasteiger partial charge in [-0.3, -0.25) is 24.7 Å². The van der Waals surface area contributed by atoms with Crippen LogP contribution in [0.4, 0.5) is 10.1 Å². The number of pyridine rings is 1. The summed E-state index contributed by atoms with van der Waals surface area (Å²) in [5.41, 5.74) is 2.69. The van der Waals surface area contributed by atoms with Gasteiger partial charge in [0, 0.05) is 23.7 Å². The van der Waals surface area contributed by atoms with Crippen molar-refractivity contribution < 1.29 is 28.8 Å². The van der Waals surface area contributed by atoms with Crippen molar-refractivity contribution in [1.29, 1.82) is 0 Å². The van der Waals surface area contributed by atoms with Crippen LogP contribution in [0.5, 0.6) is 0 Å². The number of aromatic carboxylic acids is 1. The Bertz CT molecular complexity index is 1940. The molecule has 3 aromatic carbocycles. The number of hydrogen-bond donors (Lipinski definition) is 2. The number of nitrogens with zero attached hydrogens (tertiary/aromatic N) is 3. The third-order valence-corrected chi connectivity index (χ3v) is 9.29. The maximum absolute atomic E-state index is 13.7. The number of halogens is 1. The van der Waals surface area contributed by atoms with Crippen molar-refractivity contribution in [1.82, 2.24) is 15.2 Å². The molecule has 11 heteroatoms. The Balaban J connectivity index is 1.33. The number of amides is 2. The largest absolute Gasteiger partial charge is 0.478 e. The number of rotatable bonds is 8. The normalized spacial score (nSPS) is 17.8. The molecule has 3 aliphatic rings. The van der Waals surface area contributed by atoms with Crippen LogP contribution in [-0.4, -0.2) is 44.2 Å². The quantitative estimate of drug-likeness (QED) is 0.182. The predicted molar refractivity (Wildman–Crippen MR) is 165 cm³/mol. The lowest BCUT2D eigenvalue weighted by Crippen LogP contribution is -2.27. The lowest BCUT2D eigenvalue weighted by atomic mass is 9.88. The number of carboxylic acid groups (broad SMARTS) is 1. The molecule has 1 aromatic heterocycles. The molecule has 7 rings (SSSR count). The molecule has 0 spiro atoms. The molecule has 1 saturated heterocycles. The lowest BCUT2D eigenvalue weighted by molar-refractivity contribution is -0.384. The SMILES string of the molecule is O=C(N[C@H]1CCc2ccccc21)c1ccc(-c2c(C(=O)O)c(CCc3ccc(F)cc3)nc3c2C(=O)N2CCC[C@@H]32)c([N+](=O)[O-])c1. The highest BCUT2D eigenvalue weighted by Gasteiger charge is 2.45. The maximum atomic E-state index is 13.7. The van der Waals surface area contributed by atoms with Gasteiger partial charge in [-0.2, -0.15) is 0 Å². The Morgan fingerprint density at radius 3 is 2.59 bits per heavy atom. The molecule has 2 amide bonds. The third kappa shape index (κ3) is 4.97. The number of aryl methyl sites for hydroxylation is 3. The summed E-state index contributed by atoms with van der Waals surface area (Å²) in [6.07, 6.45) is 3.39. The number of nitrogens with one attached hydrogen (secondary N) is 1. The number of carboxylic acids is 1. The van der Waals surface area contributed by atoms with Gasteiger partial charge in [-0.05, 0) is 79.5 Å². The van der Waals surface area contributed by atoms with Crippen LogP contribution in [0.2, 0.25) is 0 Å². The van der Waals surface area contributed by atoms with Crippen molar-refractivity contribution in [3.63, 3.8) is 0 Å². The first-order chi connectivity index (χ1) is 22.2. The maximum Gasteiger partial charge on any atom is 0.338 e. The predicted octanol–water partition coefficient (Wildman–Crippen LogP) is 5.99. The van der Waals surface area contributed by atoms with Crippen molar-refractivity contribution >= 4 is 23.5 Å². The summed E-state index contributed by atoms with van der Waals surface area (Å²) in [6, 6.07) is 17.0. The zero-order valence-corrected chi connectivity index (χ0v) is 24.7. The van der Waals surface area contributed by atoms with Gasteiger partial charge in [0.1, 0.15) is 5.82 Å². The minimum absolute atomic E-state index is 0.0471. The van der Waals surface area contributed by atoms with E-state index < -0.39 is 34.2 Å². The second-order valence-electron chi connectivity index (χ2n) is 11.9. The average Bonchev–Trinajstić information content (AvgIpc) is 3.76. The average molecular weight is 621 g/mol. The summed E-state index contributed by atoms with van der Waals surface area (Å²) in [6.45, 7) is 0.470. The second kappa shape index (κ2) is 11.5. The number of hydrogen-bond acceptors (Lipinski definition) is 6. The number of nitro benzene ring substituents is 1. The Morgan fingerprint density at radius 1 is 1.04 bits per heavy atom. The molecule has 46 heavy (non-hydrogen) atoms. The van der Waals surface area contributed by atoms with Gasteiger partial charge in [0.2, 0.25) is 0 Å². The van der Waals surface area contributed by atoms with Gasteiger partial charge in [-0.15, -0.1) is 0 Å². The van der Waals surface area contributed by atoms with E-state index in [9.17, 15) is 34.0 Å². The Kier molecular flexibility index (Phi) is 7.31. The van der Waals surface area contributed by atoms with Crippen LogP contribution in [-0.2, 0) is 19.3 Å². The summed E-state index contributed by atoms with van der Waals surface area (Å²) in [4.78, 5) is 58.3. The Hall–Kier alpha value is -5.45. The molecule has 10 nitrogen and oxygen atoms in total. The van der Waals surface area contributed by atoms with Gasteiger partial charge in [-0.25, -0.2) is 9.18 Å². The van der Waals surface area contributed by atoms with E-state index in [4.69, 9.17) is 4.98 Å². The van der Waals surface area contributed by atoms with Crippen LogP contribution in [0.25, 0.3) is 11.1 Å². The fraction of sp³-hybridized carbons (Fsp3) is 0.257. The fourth-order valence-electron chi connectivity index (χ4n) is 7.13. The van der Waals surface area contributed by atoms with E-state index in [2.05, 4.69) is 5.32 Å². The summed E-state index contributed by atoms with van der Waals surface area (Å²) < 4.78 is 13.5. The van der Waals surface area contributed by atoms with E-state index in [1.807, 2.05) is 24.3 Å². The first-order valence-electron chi connectivity index (χ1n) is 15.2. The molecule has 2 atom stereocenters. The number of fused-ring (bicyclic) bond motifs is 4. The van der Waals surface area contributed by atoms with Crippen LogP contribution in [0.3, 0.4) is 0 Å². The standard InChI is InChI=1S/C35H29FN4O6/c36-22-12-7-19(8-13-22)9-15-26-30(35(43)44)29(31-32(37-26)27-6-3-17-39(27)34(31)42)24-14-10-21(18-28(24)40(45)46)33(41)38-25-16-11-20-4-1-2-5-23(20)25/h1-2,4-5,7-8,10,12-14,18,25,27H,3,6,9,11,15-17H2,(H,38,41)(H,43,44)/t25-,27-/m0/s1. The van der Waals surface area contributed by atoms with Gasteiger partial charge in [0.05, 0.1) is 45.1 Å². The van der Waals surface area contributed by atoms with Gasteiger partial charge >= 0.3 is 5.97 Å². The smallest absolute Gasteiger partial charge is 0.338 e. The summed E-state index contributed by atoms with van der Waals surface area (Å²) >= 11 is 0. The second-order valence-corrected chi connectivity index (χ2v) is 11.9. The van der Waals surface area contributed by atoms with Crippen LogP contribution in [0, 0.1) is 15.9 Å². The van der Waals surface area contributed by atoms with Crippen LogP contribution in [0.15, 0.2) is 66.7 Å². The number of aromatic nitrogens is 1. The molecule has 1 aliphatic carbocycles. The first kappa shape index (κ1) is 29.3. The van der Waals surface area contributed by atoms with Crippen molar-refractivity contribution in [2.75, 3.05) is 6.54 Å². The minimum atomic E-state index is -1.38. The van der Waals surface area contributed by atoms with E-state index in [-0.39, 0.29) is 52.0 Å². The van der Waals surface area contributed by atoms with E-state index in [1.54, 1.807) is 17.0 Å². The summed E-state index contributed by atoms with van der Waals surface area (Å²) in [5, 5.41) is 26.0. The molecule has 3 heterocycles. The van der Waals surface area contributed by atoms with E-state index in [0.29, 0.717) is 31.5 Å². The molecule has 0 bridgehead atoms. The van der Waals surface area contributed by atoms with Crippen LogP contribution < -0.4 is 5.32 Å². The molecule has 2 N–H and O–H groups in total. The molecular formula is C35H29FN4O6. The molecule has 0 saturated carbocycles. The number of benzene rings is 3. The highest BCUT2D eigenvalue weighted by atomic mass is 19.1. The molecular weight excluding hydrogens is 591 g/mol. The van der Waals surface area contributed by atoms with Crippen LogP contribution >= 0.6 is 0 Å². The highest BCUT2D eigenvalue weighted by Crippen LogP contribution is 2.47. The number of carbonyl (C=O) groups is 3. The Labute approximate surface area is 263 Å². The Morgan fingerprint density at radius 2 is 1.83 bits per heavy atom. The molecule has 232 valence electrons. The summed E-state index contributed by atoms with van der Waals surface area (Å²) in [5.74, 6) is -2.68. The summed E-state index contributed by atoms with van der Waals surface area (Å²) in [7, 11) is 0. The van der Waals surface area contributed by atoms with Gasteiger partial charge in [0.25, 0.3) is 17.5 Å². The first-order valence-corrected chi connectivity index (χ1v) is 15.2. The number of carbonyl (C=O) groups excluding carboxylic acids is 2. The topological polar surface area (TPSA) is 143 Å². The molecule has 4 aromatic rings. The van der Waals surface area contributed by atoms with Crippen molar-refractivity contribution in [2.45, 2.75) is 50.6 Å². The van der Waals surface area contributed by atoms with Crippen molar-refractivity contribution in [2.24, 2.45) is 0 Å². The molecule has 2 aliphatic heterocycles. The zero-order chi connectivity index (χ0) is 32.1. The van der Waals surface area contributed by atoms with Gasteiger partial charge in [-0.1, -0.05) is 36.4 Å². The van der Waals surface area contributed by atoms with E-state index in [1.165, 1.54) is 24.3 Å². The number of nitro groups is 1. The van der Waals surface area contributed by atoms with Crippen molar-refractivity contribution in [3.05, 3.63) is 127 Å². The fourth-order valence-corrected chi connectivity index (χ4v) is 7.13. The lowest BCUT2D eigenvalue weighted by Gasteiger charge is -2.17. The highest BCUT2D eigenvalue weighted by molar-refractivity contribution is 6.11. The molecule has 1 fully saturated rings. The zero-order valence-electron chi connectivity index (χ0n) is 24.7. The molecule has 0 radical (unpaired) electrons.